The summed E-state index contributed by atoms with van der Waals surface area (Å²) in [6.45, 7) is 8.35. The van der Waals surface area contributed by atoms with E-state index in [0.29, 0.717) is 18.9 Å². The van der Waals surface area contributed by atoms with Crippen LogP contribution >= 0.6 is 23.1 Å². The molecular formula is C18H26N2O2S2Si. The van der Waals surface area contributed by atoms with Crippen LogP contribution in [0.1, 0.15) is 28.8 Å². The Kier molecular flexibility index (Phi) is 5.87. The zero-order chi connectivity index (χ0) is 18.0. The summed E-state index contributed by atoms with van der Waals surface area (Å²) in [4.78, 5) is 13.5. The van der Waals surface area contributed by atoms with Gasteiger partial charge in [-0.25, -0.2) is 4.68 Å². The van der Waals surface area contributed by atoms with Gasteiger partial charge >= 0.3 is 0 Å². The molecular weight excluding hydrogens is 368 g/mol. The third-order valence-corrected chi connectivity index (χ3v) is 8.44. The Bertz CT molecular complexity index is 762. The summed E-state index contributed by atoms with van der Waals surface area (Å²) < 4.78 is 8.77. The lowest BCUT2D eigenvalue weighted by Crippen LogP contribution is -2.22. The smallest absolute Gasteiger partial charge is 0.165 e. The molecule has 2 aromatic rings. The van der Waals surface area contributed by atoms with Gasteiger partial charge in [0.25, 0.3) is 0 Å². The van der Waals surface area contributed by atoms with E-state index in [0.717, 1.165) is 39.8 Å². The molecule has 1 aliphatic carbocycles. The van der Waals surface area contributed by atoms with Crippen molar-refractivity contribution in [3.8, 4) is 10.6 Å². The van der Waals surface area contributed by atoms with Crippen LogP contribution in [-0.4, -0.2) is 36.5 Å². The maximum Gasteiger partial charge on any atom is 0.165 e. The van der Waals surface area contributed by atoms with Crippen LogP contribution in [0.3, 0.4) is 0 Å². The van der Waals surface area contributed by atoms with Crippen molar-refractivity contribution in [3.05, 3.63) is 23.4 Å². The van der Waals surface area contributed by atoms with E-state index in [4.69, 9.17) is 4.74 Å². The van der Waals surface area contributed by atoms with E-state index in [-0.39, 0.29) is 0 Å². The van der Waals surface area contributed by atoms with Gasteiger partial charge in [0.15, 0.2) is 5.78 Å². The molecule has 0 bridgehead atoms. The number of nitrogens with zero attached hydrogens (tertiary/aromatic N) is 2. The van der Waals surface area contributed by atoms with Crippen LogP contribution < -0.4 is 0 Å². The average molecular weight is 395 g/mol. The minimum Gasteiger partial charge on any atom is -0.360 e. The first kappa shape index (κ1) is 18.9. The summed E-state index contributed by atoms with van der Waals surface area (Å²) in [5, 5.41) is 4.69. The predicted octanol–water partition coefficient (Wildman–Crippen LogP) is 5.16. The summed E-state index contributed by atoms with van der Waals surface area (Å²) in [5.41, 5.74) is 3.13. The van der Waals surface area contributed by atoms with Crippen molar-refractivity contribution in [2.45, 2.75) is 55.9 Å². The fraction of sp³-hybridized carbons (Fsp3) is 0.556. The van der Waals surface area contributed by atoms with Crippen LogP contribution in [0.15, 0.2) is 16.5 Å². The van der Waals surface area contributed by atoms with Crippen molar-refractivity contribution < 1.29 is 9.53 Å². The summed E-state index contributed by atoms with van der Waals surface area (Å²) in [7, 11) is -1.05. The molecule has 2 aromatic heterocycles. The van der Waals surface area contributed by atoms with E-state index in [2.05, 4.69) is 24.7 Å². The number of Topliss-reactive ketones (excluding diaryl/α,β-unsaturated/α-hetero) is 1. The Labute approximate surface area is 159 Å². The van der Waals surface area contributed by atoms with Gasteiger partial charge in [-0.15, -0.1) is 23.1 Å². The molecule has 0 fully saturated rings. The van der Waals surface area contributed by atoms with E-state index in [1.165, 1.54) is 11.6 Å². The number of carbonyl (C=O) groups is 1. The number of rotatable bonds is 7. The minimum atomic E-state index is -1.05. The highest BCUT2D eigenvalue weighted by atomic mass is 32.2. The monoisotopic (exact) mass is 394 g/mol. The van der Waals surface area contributed by atoms with Crippen LogP contribution in [0, 0.1) is 0 Å². The Morgan fingerprint density at radius 2 is 2.16 bits per heavy atom. The summed E-state index contributed by atoms with van der Waals surface area (Å²) in [6, 6.07) is 3.20. The van der Waals surface area contributed by atoms with Crippen LogP contribution in [0.2, 0.25) is 25.7 Å². The van der Waals surface area contributed by atoms with Crippen molar-refractivity contribution in [1.82, 2.24) is 9.78 Å². The molecule has 0 spiro atoms. The van der Waals surface area contributed by atoms with Crippen LogP contribution in [0.5, 0.6) is 0 Å². The van der Waals surface area contributed by atoms with Gasteiger partial charge in [0.05, 0.1) is 9.09 Å². The van der Waals surface area contributed by atoms with Gasteiger partial charge in [-0.05, 0) is 36.8 Å². The maximum atomic E-state index is 12.3. The molecule has 0 saturated carbocycles. The number of hydrogen-bond donors (Lipinski definition) is 0. The lowest BCUT2D eigenvalue weighted by molar-refractivity contribution is 0.0787. The van der Waals surface area contributed by atoms with Gasteiger partial charge in [-0.2, -0.15) is 5.10 Å². The Hall–Kier alpha value is -0.893. The highest BCUT2D eigenvalue weighted by Gasteiger charge is 2.27. The number of thiophene rings is 1. The van der Waals surface area contributed by atoms with Gasteiger partial charge in [0, 0.05) is 32.9 Å². The lowest BCUT2D eigenvalue weighted by atomic mass is 9.92. The summed E-state index contributed by atoms with van der Waals surface area (Å²) >= 11 is 3.38. The first-order valence-corrected chi connectivity index (χ1v) is 14.5. The lowest BCUT2D eigenvalue weighted by Gasteiger charge is -2.15. The molecule has 0 saturated heterocycles. The Morgan fingerprint density at radius 1 is 1.36 bits per heavy atom. The number of thioether (sulfide) groups is 1. The molecule has 2 heterocycles. The molecule has 0 unspecified atom stereocenters. The number of hydrogen-bond acceptors (Lipinski definition) is 5. The third kappa shape index (κ3) is 4.45. The molecule has 1 aliphatic rings. The van der Waals surface area contributed by atoms with Gasteiger partial charge in [-0.3, -0.25) is 4.79 Å². The summed E-state index contributed by atoms with van der Waals surface area (Å²) in [5.74, 6) is 0.294. The van der Waals surface area contributed by atoms with Crippen molar-refractivity contribution in [1.29, 1.82) is 0 Å². The number of carbonyl (C=O) groups excluding carboxylic acids is 1. The van der Waals surface area contributed by atoms with E-state index >= 15 is 0 Å². The maximum absolute atomic E-state index is 12.3. The van der Waals surface area contributed by atoms with Gasteiger partial charge in [0.1, 0.15) is 12.4 Å². The highest BCUT2D eigenvalue weighted by molar-refractivity contribution is 8.00. The van der Waals surface area contributed by atoms with Crippen molar-refractivity contribution >= 4 is 37.0 Å². The molecule has 0 atom stereocenters. The average Bonchev–Trinajstić information content (AvgIpc) is 3.15. The van der Waals surface area contributed by atoms with E-state index < -0.39 is 8.07 Å². The van der Waals surface area contributed by atoms with E-state index in [1.54, 1.807) is 23.1 Å². The molecule has 3 rings (SSSR count). The molecule has 0 radical (unpaired) electrons. The first-order valence-electron chi connectivity index (χ1n) is 8.73. The zero-order valence-corrected chi connectivity index (χ0v) is 18.1. The van der Waals surface area contributed by atoms with Crippen LogP contribution in [0.25, 0.3) is 10.6 Å². The van der Waals surface area contributed by atoms with E-state index in [9.17, 15) is 4.79 Å². The van der Waals surface area contributed by atoms with Crippen molar-refractivity contribution in [2.75, 3.05) is 12.9 Å². The number of aromatic nitrogens is 2. The summed E-state index contributed by atoms with van der Waals surface area (Å²) in [6.07, 6.45) is 6.62. The molecule has 0 aliphatic heterocycles. The molecule has 25 heavy (non-hydrogen) atoms. The second-order valence-electron chi connectivity index (χ2n) is 7.64. The standard InChI is InChI=1S/C18H26N2O2S2Si/c1-23-18-16-13(6-5-7-15(16)21)17(24-18)14-8-9-20(19-14)12-22-10-11-25(2,3)4/h8-9H,5-7,10-12H2,1-4H3. The molecule has 0 amide bonds. The second kappa shape index (κ2) is 7.78. The third-order valence-electron chi connectivity index (χ3n) is 4.36. The van der Waals surface area contributed by atoms with Crippen molar-refractivity contribution in [3.63, 3.8) is 0 Å². The fourth-order valence-corrected chi connectivity index (χ4v) is 5.80. The Balaban J connectivity index is 1.73. The SMILES string of the molecule is CSc1sc(-c2ccn(COCC[Si](C)(C)C)n2)c2c1C(=O)CCC2. The molecule has 136 valence electrons. The molecule has 7 heteroatoms. The molecule has 4 nitrogen and oxygen atoms in total. The van der Waals surface area contributed by atoms with Crippen molar-refractivity contribution in [2.24, 2.45) is 0 Å². The second-order valence-corrected chi connectivity index (χ2v) is 15.4. The number of ketones is 1. The van der Waals surface area contributed by atoms with Gasteiger partial charge in [-0.1, -0.05) is 19.6 Å². The highest BCUT2D eigenvalue weighted by Crippen LogP contribution is 2.43. The normalized spacial score (nSPS) is 14.8. The predicted molar refractivity (Wildman–Crippen MR) is 109 cm³/mol. The topological polar surface area (TPSA) is 44.1 Å². The van der Waals surface area contributed by atoms with E-state index in [1.807, 2.05) is 23.2 Å². The molecule has 0 aromatic carbocycles. The fourth-order valence-electron chi connectivity index (χ4n) is 2.96. The quantitative estimate of drug-likeness (QED) is 0.369. The minimum absolute atomic E-state index is 0.294. The zero-order valence-electron chi connectivity index (χ0n) is 15.4. The van der Waals surface area contributed by atoms with Crippen LogP contribution in [0.4, 0.5) is 0 Å². The molecule has 0 N–H and O–H groups in total. The van der Waals surface area contributed by atoms with Crippen LogP contribution in [-0.2, 0) is 17.9 Å². The Morgan fingerprint density at radius 3 is 2.88 bits per heavy atom. The van der Waals surface area contributed by atoms with Gasteiger partial charge in [0.2, 0.25) is 0 Å². The number of ether oxygens (including phenoxy) is 1. The number of fused-ring (bicyclic) bond motifs is 1. The first-order chi connectivity index (χ1) is 11.9. The largest absolute Gasteiger partial charge is 0.360 e. The van der Waals surface area contributed by atoms with Gasteiger partial charge < -0.3 is 4.74 Å².